The molecule has 33 heavy (non-hydrogen) atoms. The van der Waals surface area contributed by atoms with Gasteiger partial charge in [0.15, 0.2) is 11.0 Å². The summed E-state index contributed by atoms with van der Waals surface area (Å²) in [4.78, 5) is 12.3. The lowest BCUT2D eigenvalue weighted by atomic mass is 10.1. The first-order chi connectivity index (χ1) is 16.0. The fourth-order valence-electron chi connectivity index (χ4n) is 3.04. The van der Waals surface area contributed by atoms with E-state index in [9.17, 15) is 15.0 Å². The van der Waals surface area contributed by atoms with Gasteiger partial charge in [0.2, 0.25) is 0 Å². The van der Waals surface area contributed by atoms with E-state index in [1.165, 1.54) is 36.2 Å². The van der Waals surface area contributed by atoms with Crippen LogP contribution in [0.5, 0.6) is 11.5 Å². The number of hydrogen-bond acceptors (Lipinski definition) is 7. The Morgan fingerprint density at radius 2 is 1.82 bits per heavy atom. The summed E-state index contributed by atoms with van der Waals surface area (Å²) in [6, 6.07) is 21.8. The number of thioether (sulfide) groups is 1. The van der Waals surface area contributed by atoms with Gasteiger partial charge >= 0.3 is 0 Å². The molecular weight excluding hydrogens is 438 g/mol. The summed E-state index contributed by atoms with van der Waals surface area (Å²) < 4.78 is 1.92. The van der Waals surface area contributed by atoms with Gasteiger partial charge in [-0.05, 0) is 31.2 Å². The number of hydrogen-bond donors (Lipinski definition) is 3. The number of para-hydroxylation sites is 1. The summed E-state index contributed by atoms with van der Waals surface area (Å²) in [5, 5.41) is 32.2. The second-order valence-corrected chi connectivity index (χ2v) is 8.11. The predicted octanol–water partition coefficient (Wildman–Crippen LogP) is 3.90. The Morgan fingerprint density at radius 1 is 1.06 bits per heavy atom. The van der Waals surface area contributed by atoms with E-state index in [2.05, 4.69) is 20.7 Å². The molecule has 3 N–H and O–H groups in total. The van der Waals surface area contributed by atoms with Crippen molar-refractivity contribution in [1.82, 2.24) is 20.2 Å². The van der Waals surface area contributed by atoms with Gasteiger partial charge in [0.1, 0.15) is 11.5 Å². The van der Waals surface area contributed by atoms with Crippen molar-refractivity contribution in [1.29, 1.82) is 0 Å². The van der Waals surface area contributed by atoms with E-state index in [0.717, 1.165) is 16.8 Å². The van der Waals surface area contributed by atoms with Crippen molar-refractivity contribution >= 4 is 23.9 Å². The van der Waals surface area contributed by atoms with Crippen LogP contribution in [0.1, 0.15) is 11.1 Å². The molecule has 0 fully saturated rings. The maximum atomic E-state index is 12.3. The molecule has 166 valence electrons. The molecule has 1 aromatic heterocycles. The van der Waals surface area contributed by atoms with E-state index in [1.54, 1.807) is 0 Å². The van der Waals surface area contributed by atoms with Gasteiger partial charge in [0, 0.05) is 22.9 Å². The minimum absolute atomic E-state index is 0.0578. The van der Waals surface area contributed by atoms with Crippen LogP contribution < -0.4 is 5.43 Å². The maximum absolute atomic E-state index is 12.3. The Balaban J connectivity index is 1.49. The average Bonchev–Trinajstić information content (AvgIpc) is 3.24. The Bertz CT molecular complexity index is 1290. The van der Waals surface area contributed by atoms with Crippen LogP contribution in [0.2, 0.25) is 0 Å². The van der Waals surface area contributed by atoms with Gasteiger partial charge in [0.05, 0.1) is 12.0 Å². The minimum Gasteiger partial charge on any atom is -0.508 e. The fourth-order valence-corrected chi connectivity index (χ4v) is 3.78. The number of carbonyl (C=O) groups is 1. The number of nitrogens with one attached hydrogen (secondary N) is 1. The molecule has 0 bridgehead atoms. The van der Waals surface area contributed by atoms with E-state index in [-0.39, 0.29) is 23.2 Å². The summed E-state index contributed by atoms with van der Waals surface area (Å²) in [6.45, 7) is 2.02. The highest BCUT2D eigenvalue weighted by atomic mass is 32.2. The van der Waals surface area contributed by atoms with Crippen molar-refractivity contribution in [2.45, 2.75) is 12.1 Å². The lowest BCUT2D eigenvalue weighted by Gasteiger charge is -2.10. The highest BCUT2D eigenvalue weighted by Crippen LogP contribution is 2.28. The van der Waals surface area contributed by atoms with Crippen LogP contribution in [0.15, 0.2) is 83.1 Å². The van der Waals surface area contributed by atoms with Crippen molar-refractivity contribution in [3.8, 4) is 28.6 Å². The first-order valence-corrected chi connectivity index (χ1v) is 11.0. The summed E-state index contributed by atoms with van der Waals surface area (Å²) >= 11 is 1.24. The van der Waals surface area contributed by atoms with E-state index in [0.29, 0.717) is 16.5 Å². The Labute approximate surface area is 194 Å². The lowest BCUT2D eigenvalue weighted by molar-refractivity contribution is -0.118. The lowest BCUT2D eigenvalue weighted by Crippen LogP contribution is -2.20. The number of rotatable bonds is 7. The molecule has 0 saturated heterocycles. The van der Waals surface area contributed by atoms with Gasteiger partial charge in [0.25, 0.3) is 5.91 Å². The molecular formula is C24H21N5O3S. The molecule has 4 rings (SSSR count). The largest absolute Gasteiger partial charge is 0.508 e. The molecule has 4 aromatic rings. The molecule has 0 aliphatic carbocycles. The van der Waals surface area contributed by atoms with Crippen LogP contribution in [0, 0.1) is 6.92 Å². The Hall–Kier alpha value is -4.11. The van der Waals surface area contributed by atoms with E-state index >= 15 is 0 Å². The summed E-state index contributed by atoms with van der Waals surface area (Å²) in [6.07, 6.45) is 1.30. The van der Waals surface area contributed by atoms with Crippen LogP contribution >= 0.6 is 11.8 Å². The SMILES string of the molecule is Cc1ccc(-c2nnc(SCC(=O)N/N=C\c3ccc(O)cc3O)n2-c2ccccc2)cc1. The molecule has 0 radical (unpaired) electrons. The Kier molecular flexibility index (Phi) is 6.70. The number of nitrogens with zero attached hydrogens (tertiary/aromatic N) is 4. The second kappa shape index (κ2) is 10.0. The fraction of sp³-hybridized carbons (Fsp3) is 0.0833. The summed E-state index contributed by atoms with van der Waals surface area (Å²) in [5.41, 5.74) is 5.76. The van der Waals surface area contributed by atoms with Gasteiger partial charge < -0.3 is 10.2 Å². The first kappa shape index (κ1) is 22.1. The number of aromatic hydroxyl groups is 2. The van der Waals surface area contributed by atoms with Gasteiger partial charge in [-0.2, -0.15) is 5.10 Å². The number of hydrazone groups is 1. The smallest absolute Gasteiger partial charge is 0.250 e. The molecule has 0 unspecified atom stereocenters. The highest BCUT2D eigenvalue weighted by Gasteiger charge is 2.17. The maximum Gasteiger partial charge on any atom is 0.250 e. The van der Waals surface area contributed by atoms with Crippen molar-refractivity contribution in [2.24, 2.45) is 5.10 Å². The molecule has 8 nitrogen and oxygen atoms in total. The van der Waals surface area contributed by atoms with Crippen LogP contribution in [0.3, 0.4) is 0 Å². The molecule has 0 spiro atoms. The van der Waals surface area contributed by atoms with E-state index in [4.69, 9.17) is 0 Å². The molecule has 0 aliphatic rings. The van der Waals surface area contributed by atoms with E-state index in [1.807, 2.05) is 66.1 Å². The number of carbonyl (C=O) groups excluding carboxylic acids is 1. The zero-order chi connectivity index (χ0) is 23.2. The zero-order valence-electron chi connectivity index (χ0n) is 17.7. The first-order valence-electron chi connectivity index (χ1n) is 10.1. The van der Waals surface area contributed by atoms with Gasteiger partial charge in [-0.25, -0.2) is 5.43 Å². The molecule has 1 amide bonds. The zero-order valence-corrected chi connectivity index (χ0v) is 18.5. The van der Waals surface area contributed by atoms with Gasteiger partial charge in [-0.3, -0.25) is 9.36 Å². The molecule has 3 aromatic carbocycles. The number of phenolic OH excluding ortho intramolecular Hbond substituents is 2. The molecule has 0 saturated carbocycles. The number of amides is 1. The molecule has 9 heteroatoms. The monoisotopic (exact) mass is 459 g/mol. The number of benzene rings is 3. The summed E-state index contributed by atoms with van der Waals surface area (Å²) in [7, 11) is 0. The topological polar surface area (TPSA) is 113 Å². The number of aryl methyl sites for hydroxylation is 1. The standard InChI is InChI=1S/C24H21N5O3S/c1-16-7-9-17(10-8-16)23-27-28-24(29(23)19-5-3-2-4-6-19)33-15-22(32)26-25-14-18-11-12-20(30)13-21(18)31/h2-14,30-31H,15H2,1H3,(H,26,32)/b25-14-. The summed E-state index contributed by atoms with van der Waals surface area (Å²) in [5.74, 6) is 0.219. The Morgan fingerprint density at radius 3 is 2.55 bits per heavy atom. The molecule has 1 heterocycles. The van der Waals surface area contributed by atoms with Gasteiger partial charge in [-0.15, -0.1) is 10.2 Å². The quantitative estimate of drug-likeness (QED) is 0.220. The average molecular weight is 460 g/mol. The van der Waals surface area contributed by atoms with Crippen molar-refractivity contribution in [3.05, 3.63) is 83.9 Å². The number of phenols is 2. The van der Waals surface area contributed by atoms with Crippen molar-refractivity contribution in [3.63, 3.8) is 0 Å². The second-order valence-electron chi connectivity index (χ2n) is 7.17. The van der Waals surface area contributed by atoms with E-state index < -0.39 is 0 Å². The number of aromatic nitrogens is 3. The normalized spacial score (nSPS) is 11.1. The minimum atomic E-state index is -0.339. The van der Waals surface area contributed by atoms with Crippen LogP contribution in [-0.4, -0.2) is 42.9 Å². The van der Waals surface area contributed by atoms with Gasteiger partial charge in [-0.1, -0.05) is 59.8 Å². The third-order valence-corrected chi connectivity index (χ3v) is 5.63. The third kappa shape index (κ3) is 5.39. The highest BCUT2D eigenvalue weighted by molar-refractivity contribution is 7.99. The molecule has 0 aliphatic heterocycles. The van der Waals surface area contributed by atoms with Crippen molar-refractivity contribution in [2.75, 3.05) is 5.75 Å². The van der Waals surface area contributed by atoms with Crippen molar-refractivity contribution < 1.29 is 15.0 Å². The van der Waals surface area contributed by atoms with Crippen LogP contribution in [0.25, 0.3) is 17.1 Å². The molecule has 0 atom stereocenters. The predicted molar refractivity (Wildman–Crippen MR) is 128 cm³/mol. The van der Waals surface area contributed by atoms with Crippen LogP contribution in [-0.2, 0) is 4.79 Å². The third-order valence-electron chi connectivity index (χ3n) is 4.70. The van der Waals surface area contributed by atoms with Crippen LogP contribution in [0.4, 0.5) is 0 Å².